The molecule has 1 aliphatic rings. The minimum absolute atomic E-state index is 0.0489. The van der Waals surface area contributed by atoms with Crippen LogP contribution in [0.15, 0.2) is 0 Å². The predicted octanol–water partition coefficient (Wildman–Crippen LogP) is 1.79. The van der Waals surface area contributed by atoms with Crippen molar-refractivity contribution in [2.24, 2.45) is 17.1 Å². The molecule has 0 spiro atoms. The second-order valence-corrected chi connectivity index (χ2v) is 13.3. The first kappa shape index (κ1) is 34.8. The number of ether oxygens (including phenoxy) is 1. The largest absolute Gasteiger partial charge is 0.458 e. The van der Waals surface area contributed by atoms with Crippen molar-refractivity contribution < 1.29 is 33.5 Å². The molecular formula is C28H49N5O7. The highest BCUT2D eigenvalue weighted by Gasteiger charge is 2.43. The van der Waals surface area contributed by atoms with E-state index in [4.69, 9.17) is 10.5 Å². The minimum atomic E-state index is -1.38. The standard InChI is InChI=1S/C28H49N5O7/c1-11-16(2)15-17(19(34)21(29)35)30-22(36)18-13-12-14-33(18)23(37)20(26(3,4)5)31-25(39)32-28(9,10)24(38)40-27(6,7)8/h16-18,20H,11-15H2,1-10H3,(H2,29,35)(H,30,36)(H2,31,32,39)/t16?,17?,18-,20?/m0/s1. The monoisotopic (exact) mass is 567 g/mol. The molecule has 0 radical (unpaired) electrons. The van der Waals surface area contributed by atoms with Crippen molar-refractivity contribution in [2.75, 3.05) is 6.54 Å². The molecule has 3 unspecified atom stereocenters. The number of likely N-dealkylation sites (tertiary alicyclic amines) is 1. The number of nitrogens with two attached hydrogens (primary N) is 1. The van der Waals surface area contributed by atoms with E-state index in [1.54, 1.807) is 41.5 Å². The highest BCUT2D eigenvalue weighted by atomic mass is 16.6. The van der Waals surface area contributed by atoms with E-state index in [-0.39, 0.29) is 18.9 Å². The molecule has 0 aromatic rings. The number of carbonyl (C=O) groups excluding carboxylic acids is 6. The first-order valence-corrected chi connectivity index (χ1v) is 13.9. The molecule has 1 rings (SSSR count). The third kappa shape index (κ3) is 10.1. The van der Waals surface area contributed by atoms with Gasteiger partial charge in [-0.15, -0.1) is 0 Å². The van der Waals surface area contributed by atoms with Crippen LogP contribution >= 0.6 is 0 Å². The molecular weight excluding hydrogens is 518 g/mol. The van der Waals surface area contributed by atoms with Crippen molar-refractivity contribution in [3.63, 3.8) is 0 Å². The number of rotatable bonds is 11. The molecule has 5 N–H and O–H groups in total. The Hall–Kier alpha value is -3.18. The Labute approximate surface area is 237 Å². The second kappa shape index (κ2) is 13.5. The second-order valence-electron chi connectivity index (χ2n) is 13.3. The quantitative estimate of drug-likeness (QED) is 0.217. The number of urea groups is 1. The minimum Gasteiger partial charge on any atom is -0.458 e. The van der Waals surface area contributed by atoms with Gasteiger partial charge in [0.25, 0.3) is 5.91 Å². The van der Waals surface area contributed by atoms with Gasteiger partial charge in [0.2, 0.25) is 17.6 Å². The summed E-state index contributed by atoms with van der Waals surface area (Å²) in [6.45, 7) is 17.6. The van der Waals surface area contributed by atoms with Gasteiger partial charge in [-0.2, -0.15) is 0 Å². The van der Waals surface area contributed by atoms with Crippen LogP contribution in [-0.4, -0.2) is 76.2 Å². The summed E-state index contributed by atoms with van der Waals surface area (Å²) in [6.07, 6.45) is 1.87. The Balaban J connectivity index is 3.10. The van der Waals surface area contributed by atoms with E-state index in [9.17, 15) is 28.8 Å². The Morgan fingerprint density at radius 1 is 0.975 bits per heavy atom. The molecule has 40 heavy (non-hydrogen) atoms. The Morgan fingerprint density at radius 3 is 2.02 bits per heavy atom. The smallest absolute Gasteiger partial charge is 0.331 e. The van der Waals surface area contributed by atoms with Crippen LogP contribution in [0.2, 0.25) is 0 Å². The van der Waals surface area contributed by atoms with Gasteiger partial charge in [0.15, 0.2) is 0 Å². The lowest BCUT2D eigenvalue weighted by atomic mass is 9.85. The van der Waals surface area contributed by atoms with Crippen molar-refractivity contribution in [1.29, 1.82) is 0 Å². The number of hydrogen-bond acceptors (Lipinski definition) is 7. The molecule has 0 aliphatic carbocycles. The van der Waals surface area contributed by atoms with E-state index < -0.39 is 70.2 Å². The maximum absolute atomic E-state index is 13.8. The summed E-state index contributed by atoms with van der Waals surface area (Å²) in [5.74, 6) is -3.64. The summed E-state index contributed by atoms with van der Waals surface area (Å²) in [5, 5.41) is 7.89. The van der Waals surface area contributed by atoms with Gasteiger partial charge in [0.1, 0.15) is 23.2 Å². The van der Waals surface area contributed by atoms with E-state index in [0.29, 0.717) is 12.8 Å². The number of carbonyl (C=O) groups is 6. The highest BCUT2D eigenvalue weighted by molar-refractivity contribution is 6.37. The summed E-state index contributed by atoms with van der Waals surface area (Å²) in [5.41, 5.74) is 2.32. The zero-order valence-corrected chi connectivity index (χ0v) is 25.7. The molecule has 1 aliphatic heterocycles. The number of esters is 1. The van der Waals surface area contributed by atoms with Crippen molar-refractivity contribution in [1.82, 2.24) is 20.9 Å². The van der Waals surface area contributed by atoms with Crippen LogP contribution in [0.25, 0.3) is 0 Å². The van der Waals surface area contributed by atoms with Gasteiger partial charge in [-0.05, 0) is 65.2 Å². The molecule has 0 aromatic carbocycles. The summed E-state index contributed by atoms with van der Waals surface area (Å²) in [6, 6.07) is -3.76. The summed E-state index contributed by atoms with van der Waals surface area (Å²) in [4.78, 5) is 78.0. The van der Waals surface area contributed by atoms with E-state index in [1.807, 2.05) is 13.8 Å². The molecule has 4 atom stereocenters. The van der Waals surface area contributed by atoms with Gasteiger partial charge in [-0.1, -0.05) is 41.0 Å². The number of primary amides is 1. The van der Waals surface area contributed by atoms with E-state index >= 15 is 0 Å². The van der Waals surface area contributed by atoms with Crippen molar-refractivity contribution in [2.45, 2.75) is 124 Å². The van der Waals surface area contributed by atoms with Crippen LogP contribution in [0, 0.1) is 11.3 Å². The number of Topliss-reactive ketones (excluding diaryl/α,β-unsaturated/α-hetero) is 1. The SMILES string of the molecule is CCC(C)CC(NC(=O)[C@@H]1CCCN1C(=O)C(NC(=O)NC(C)(C)C(=O)OC(C)(C)C)C(C)(C)C)C(=O)C(N)=O. The van der Waals surface area contributed by atoms with Gasteiger partial charge in [-0.25, -0.2) is 9.59 Å². The lowest BCUT2D eigenvalue weighted by Crippen LogP contribution is -2.62. The number of amides is 5. The van der Waals surface area contributed by atoms with Gasteiger partial charge >= 0.3 is 12.0 Å². The maximum atomic E-state index is 13.8. The number of ketones is 1. The van der Waals surface area contributed by atoms with Gasteiger partial charge in [0, 0.05) is 6.54 Å². The Bertz CT molecular complexity index is 981. The number of nitrogens with one attached hydrogen (secondary N) is 3. The summed E-state index contributed by atoms with van der Waals surface area (Å²) in [7, 11) is 0. The zero-order chi connectivity index (χ0) is 31.2. The lowest BCUT2D eigenvalue weighted by Gasteiger charge is -2.36. The van der Waals surface area contributed by atoms with E-state index in [0.717, 1.165) is 6.42 Å². The molecule has 0 bridgehead atoms. The molecule has 5 amide bonds. The molecule has 1 saturated heterocycles. The summed E-state index contributed by atoms with van der Waals surface area (Å²) >= 11 is 0. The van der Waals surface area contributed by atoms with E-state index in [1.165, 1.54) is 18.7 Å². The Morgan fingerprint density at radius 2 is 1.55 bits per heavy atom. The average Bonchev–Trinajstić information content (AvgIpc) is 3.29. The third-order valence-electron chi connectivity index (χ3n) is 6.77. The van der Waals surface area contributed by atoms with Crippen LogP contribution in [0.4, 0.5) is 4.79 Å². The highest BCUT2D eigenvalue weighted by Crippen LogP contribution is 2.26. The maximum Gasteiger partial charge on any atom is 0.331 e. The summed E-state index contributed by atoms with van der Waals surface area (Å²) < 4.78 is 5.39. The van der Waals surface area contributed by atoms with Crippen LogP contribution in [-0.2, 0) is 28.7 Å². The zero-order valence-electron chi connectivity index (χ0n) is 25.7. The fourth-order valence-electron chi connectivity index (χ4n) is 4.27. The lowest BCUT2D eigenvalue weighted by molar-refractivity contribution is -0.161. The number of nitrogens with zero attached hydrogens (tertiary/aromatic N) is 1. The molecule has 12 nitrogen and oxygen atoms in total. The van der Waals surface area contributed by atoms with Gasteiger partial charge < -0.3 is 31.3 Å². The first-order valence-electron chi connectivity index (χ1n) is 13.9. The predicted molar refractivity (Wildman–Crippen MR) is 150 cm³/mol. The Kier molecular flexibility index (Phi) is 11.7. The van der Waals surface area contributed by atoms with Gasteiger partial charge in [-0.3, -0.25) is 19.2 Å². The van der Waals surface area contributed by atoms with Gasteiger partial charge in [0.05, 0.1) is 6.04 Å². The number of hydrogen-bond donors (Lipinski definition) is 4. The average molecular weight is 568 g/mol. The molecule has 0 saturated carbocycles. The molecule has 12 heteroatoms. The van der Waals surface area contributed by atoms with Crippen LogP contribution in [0.1, 0.15) is 94.9 Å². The third-order valence-corrected chi connectivity index (χ3v) is 6.77. The van der Waals surface area contributed by atoms with Crippen LogP contribution in [0.5, 0.6) is 0 Å². The molecule has 1 heterocycles. The van der Waals surface area contributed by atoms with Crippen LogP contribution < -0.4 is 21.7 Å². The molecule has 228 valence electrons. The van der Waals surface area contributed by atoms with E-state index in [2.05, 4.69) is 16.0 Å². The van der Waals surface area contributed by atoms with Crippen molar-refractivity contribution >= 4 is 35.5 Å². The molecule has 1 fully saturated rings. The first-order chi connectivity index (χ1) is 18.1. The topological polar surface area (TPSA) is 177 Å². The molecule has 0 aromatic heterocycles. The van der Waals surface area contributed by atoms with Crippen molar-refractivity contribution in [3.05, 3.63) is 0 Å². The fraction of sp³-hybridized carbons (Fsp3) is 0.786. The van der Waals surface area contributed by atoms with Crippen LogP contribution in [0.3, 0.4) is 0 Å². The normalized spacial score (nSPS) is 18.2. The van der Waals surface area contributed by atoms with Crippen molar-refractivity contribution in [3.8, 4) is 0 Å². The fourth-order valence-corrected chi connectivity index (χ4v) is 4.27.